The third-order valence-electron chi connectivity index (χ3n) is 2.71. The summed E-state index contributed by atoms with van der Waals surface area (Å²) in [5.41, 5.74) is 7.91. The predicted molar refractivity (Wildman–Crippen MR) is 70.8 cm³/mol. The van der Waals surface area contributed by atoms with E-state index in [0.29, 0.717) is 12.3 Å². The highest BCUT2D eigenvalue weighted by Gasteiger charge is 2.13. The molecule has 0 saturated heterocycles. The van der Waals surface area contributed by atoms with E-state index in [4.69, 9.17) is 5.73 Å². The van der Waals surface area contributed by atoms with Crippen LogP contribution >= 0.6 is 0 Å². The molecule has 0 heterocycles. The van der Waals surface area contributed by atoms with Crippen molar-refractivity contribution in [3.8, 4) is 0 Å². The lowest BCUT2D eigenvalue weighted by Crippen LogP contribution is -2.19. The Balaban J connectivity index is 2.62. The van der Waals surface area contributed by atoms with Crippen molar-refractivity contribution in [1.29, 1.82) is 0 Å². The van der Waals surface area contributed by atoms with E-state index in [0.717, 1.165) is 18.4 Å². The highest BCUT2D eigenvalue weighted by atomic mass is 32.2. The minimum absolute atomic E-state index is 0.241. The molecule has 0 aliphatic rings. The summed E-state index contributed by atoms with van der Waals surface area (Å²) in [5.74, 6) is 0.653. The molecule has 2 unspecified atom stereocenters. The second kappa shape index (κ2) is 6.81. The van der Waals surface area contributed by atoms with Crippen LogP contribution < -0.4 is 5.73 Å². The lowest BCUT2D eigenvalue weighted by atomic mass is 10.2. The van der Waals surface area contributed by atoms with E-state index in [1.807, 2.05) is 12.1 Å². The number of aryl methyl sites for hydroxylation is 1. The molecule has 0 fully saturated rings. The van der Waals surface area contributed by atoms with E-state index in [9.17, 15) is 4.21 Å². The van der Waals surface area contributed by atoms with Crippen molar-refractivity contribution in [3.63, 3.8) is 0 Å². The largest absolute Gasteiger partial charge is 0.330 e. The monoisotopic (exact) mass is 239 g/mol. The van der Waals surface area contributed by atoms with Crippen LogP contribution in [-0.4, -0.2) is 16.0 Å². The average molecular weight is 239 g/mol. The molecule has 1 aromatic rings. The summed E-state index contributed by atoms with van der Waals surface area (Å²) >= 11 is 0. The van der Waals surface area contributed by atoms with Gasteiger partial charge in [0, 0.05) is 21.8 Å². The zero-order chi connectivity index (χ0) is 12.0. The van der Waals surface area contributed by atoms with Gasteiger partial charge >= 0.3 is 0 Å². The van der Waals surface area contributed by atoms with Crippen LogP contribution in [0.4, 0.5) is 0 Å². The van der Waals surface area contributed by atoms with Gasteiger partial charge in [-0.25, -0.2) is 0 Å². The summed E-state index contributed by atoms with van der Waals surface area (Å²) in [7, 11) is -0.797. The molecule has 0 saturated carbocycles. The molecule has 90 valence electrons. The molecular weight excluding hydrogens is 218 g/mol. The highest BCUT2D eigenvalue weighted by molar-refractivity contribution is 7.84. The van der Waals surface area contributed by atoms with E-state index in [1.54, 1.807) is 0 Å². The first kappa shape index (κ1) is 13.4. The van der Waals surface area contributed by atoms with Crippen molar-refractivity contribution in [1.82, 2.24) is 0 Å². The number of rotatable bonds is 6. The fourth-order valence-electron chi connectivity index (χ4n) is 1.79. The van der Waals surface area contributed by atoms with Crippen LogP contribution in [0, 0.1) is 6.92 Å². The summed E-state index contributed by atoms with van der Waals surface area (Å²) in [6.45, 7) is 4.76. The minimum atomic E-state index is -0.797. The molecule has 0 radical (unpaired) electrons. The maximum absolute atomic E-state index is 12.1. The summed E-state index contributed by atoms with van der Waals surface area (Å²) in [6, 6.07) is 8.22. The zero-order valence-corrected chi connectivity index (χ0v) is 10.9. The van der Waals surface area contributed by atoms with Gasteiger partial charge in [0.1, 0.15) is 0 Å². The van der Waals surface area contributed by atoms with Gasteiger partial charge in [-0.1, -0.05) is 36.8 Å². The van der Waals surface area contributed by atoms with Crippen LogP contribution in [0.2, 0.25) is 0 Å². The van der Waals surface area contributed by atoms with E-state index in [2.05, 4.69) is 26.0 Å². The van der Waals surface area contributed by atoms with E-state index < -0.39 is 10.8 Å². The molecule has 16 heavy (non-hydrogen) atoms. The fourth-order valence-corrected chi connectivity index (χ4v) is 3.31. The Morgan fingerprint density at radius 2 is 2.19 bits per heavy atom. The van der Waals surface area contributed by atoms with Crippen LogP contribution in [0.1, 0.15) is 30.9 Å². The van der Waals surface area contributed by atoms with E-state index in [-0.39, 0.29) is 5.25 Å². The number of hydrogen-bond donors (Lipinski definition) is 1. The molecule has 0 spiro atoms. The van der Waals surface area contributed by atoms with Crippen LogP contribution in [-0.2, 0) is 16.6 Å². The first-order valence-corrected chi connectivity index (χ1v) is 7.18. The SMILES string of the molecule is CCC(CCN)S(=O)Cc1cccc(C)c1. The molecule has 0 aromatic heterocycles. The zero-order valence-electron chi connectivity index (χ0n) is 10.1. The lowest BCUT2D eigenvalue weighted by molar-refractivity contribution is 0.649. The molecule has 0 amide bonds. The van der Waals surface area contributed by atoms with Crippen molar-refractivity contribution < 1.29 is 4.21 Å². The van der Waals surface area contributed by atoms with Crippen LogP contribution in [0.15, 0.2) is 24.3 Å². The molecule has 1 aromatic carbocycles. The standard InChI is InChI=1S/C13H21NOS/c1-3-13(7-8-14)16(15)10-12-6-4-5-11(2)9-12/h4-6,9,13H,3,7-8,10,14H2,1-2H3. The van der Waals surface area contributed by atoms with Crippen LogP contribution in [0.25, 0.3) is 0 Å². The smallest absolute Gasteiger partial charge is 0.0488 e. The van der Waals surface area contributed by atoms with Gasteiger partial charge in [0.05, 0.1) is 0 Å². The second-order valence-electron chi connectivity index (χ2n) is 4.12. The van der Waals surface area contributed by atoms with Crippen LogP contribution in [0.3, 0.4) is 0 Å². The molecule has 2 atom stereocenters. The second-order valence-corrected chi connectivity index (χ2v) is 5.84. The molecule has 2 nitrogen and oxygen atoms in total. The first-order valence-electron chi connectivity index (χ1n) is 5.80. The van der Waals surface area contributed by atoms with Gasteiger partial charge in [0.2, 0.25) is 0 Å². The van der Waals surface area contributed by atoms with Gasteiger partial charge in [-0.2, -0.15) is 0 Å². The third-order valence-corrected chi connectivity index (χ3v) is 4.64. The van der Waals surface area contributed by atoms with Crippen molar-refractivity contribution in [3.05, 3.63) is 35.4 Å². The Hall–Kier alpha value is -0.670. The predicted octanol–water partition coefficient (Wildman–Crippen LogP) is 2.37. The highest BCUT2D eigenvalue weighted by Crippen LogP contribution is 2.13. The maximum atomic E-state index is 12.1. The Bertz CT molecular complexity index is 352. The Morgan fingerprint density at radius 1 is 1.44 bits per heavy atom. The van der Waals surface area contributed by atoms with Gasteiger partial charge < -0.3 is 5.73 Å². The van der Waals surface area contributed by atoms with E-state index in [1.165, 1.54) is 5.56 Å². The lowest BCUT2D eigenvalue weighted by Gasteiger charge is -2.13. The van der Waals surface area contributed by atoms with Gasteiger partial charge in [-0.15, -0.1) is 0 Å². The number of benzene rings is 1. The summed E-state index contributed by atoms with van der Waals surface area (Å²) < 4.78 is 12.1. The Morgan fingerprint density at radius 3 is 2.75 bits per heavy atom. The quantitative estimate of drug-likeness (QED) is 0.828. The van der Waals surface area contributed by atoms with E-state index >= 15 is 0 Å². The number of nitrogens with two attached hydrogens (primary N) is 1. The molecule has 0 aliphatic heterocycles. The van der Waals surface area contributed by atoms with Gasteiger partial charge in [0.15, 0.2) is 0 Å². The van der Waals surface area contributed by atoms with Crippen LogP contribution in [0.5, 0.6) is 0 Å². The van der Waals surface area contributed by atoms with Gasteiger partial charge in [-0.3, -0.25) is 4.21 Å². The first-order chi connectivity index (χ1) is 7.67. The number of hydrogen-bond acceptors (Lipinski definition) is 2. The Labute approximate surface area is 101 Å². The summed E-state index contributed by atoms with van der Waals surface area (Å²) in [6.07, 6.45) is 1.80. The molecule has 1 rings (SSSR count). The van der Waals surface area contributed by atoms with Crippen molar-refractivity contribution in [2.24, 2.45) is 5.73 Å². The fraction of sp³-hybridized carbons (Fsp3) is 0.538. The van der Waals surface area contributed by atoms with Gasteiger partial charge in [-0.05, 0) is 31.9 Å². The average Bonchev–Trinajstić information content (AvgIpc) is 2.25. The normalized spacial score (nSPS) is 14.7. The van der Waals surface area contributed by atoms with Crippen molar-refractivity contribution >= 4 is 10.8 Å². The summed E-state index contributed by atoms with van der Waals surface area (Å²) in [5, 5.41) is 0.241. The van der Waals surface area contributed by atoms with Crippen molar-refractivity contribution in [2.45, 2.75) is 37.7 Å². The maximum Gasteiger partial charge on any atom is 0.0488 e. The summed E-state index contributed by atoms with van der Waals surface area (Å²) in [4.78, 5) is 0. The van der Waals surface area contributed by atoms with Crippen molar-refractivity contribution in [2.75, 3.05) is 6.54 Å². The molecule has 3 heteroatoms. The minimum Gasteiger partial charge on any atom is -0.330 e. The molecule has 0 aliphatic carbocycles. The van der Waals surface area contributed by atoms with Gasteiger partial charge in [0.25, 0.3) is 0 Å². The third kappa shape index (κ3) is 4.06. The molecule has 2 N–H and O–H groups in total. The molecular formula is C13H21NOS. The Kier molecular flexibility index (Phi) is 5.71. The molecule has 0 bridgehead atoms. The topological polar surface area (TPSA) is 43.1 Å².